The van der Waals surface area contributed by atoms with E-state index in [9.17, 15) is 5.11 Å². The fraction of sp³-hybridized carbons (Fsp3) is 0.421. The summed E-state index contributed by atoms with van der Waals surface area (Å²) >= 11 is 0. The molecule has 0 radical (unpaired) electrons. The topological polar surface area (TPSA) is 33.1 Å². The molecule has 0 bridgehead atoms. The van der Waals surface area contributed by atoms with Gasteiger partial charge in [-0.1, -0.05) is 38.8 Å². The third-order valence-corrected chi connectivity index (χ3v) is 5.25. The zero-order chi connectivity index (χ0) is 14.9. The monoisotopic (exact) mass is 281 g/mol. The van der Waals surface area contributed by atoms with Crippen molar-refractivity contribution in [3.8, 4) is 17.0 Å². The lowest BCUT2D eigenvalue weighted by Gasteiger charge is -2.32. The summed E-state index contributed by atoms with van der Waals surface area (Å²) in [6.45, 7) is 4.68. The molecule has 1 aromatic heterocycles. The van der Waals surface area contributed by atoms with E-state index in [2.05, 4.69) is 24.9 Å². The maximum absolute atomic E-state index is 10.4. The fourth-order valence-electron chi connectivity index (χ4n) is 3.57. The summed E-state index contributed by atoms with van der Waals surface area (Å²) in [5, 5.41) is 10.4. The van der Waals surface area contributed by atoms with Gasteiger partial charge in [-0.25, -0.2) is 0 Å². The van der Waals surface area contributed by atoms with Crippen LogP contribution in [0.3, 0.4) is 0 Å². The lowest BCUT2D eigenvalue weighted by Crippen LogP contribution is -2.19. The largest absolute Gasteiger partial charge is 0.507 e. The van der Waals surface area contributed by atoms with Gasteiger partial charge >= 0.3 is 0 Å². The second-order valence-electron chi connectivity index (χ2n) is 6.57. The quantitative estimate of drug-likeness (QED) is 0.845. The van der Waals surface area contributed by atoms with Crippen LogP contribution in [-0.4, -0.2) is 10.1 Å². The highest BCUT2D eigenvalue weighted by atomic mass is 16.3. The summed E-state index contributed by atoms with van der Waals surface area (Å²) in [5.74, 6) is 0.809. The fourth-order valence-corrected chi connectivity index (χ4v) is 3.57. The van der Waals surface area contributed by atoms with E-state index < -0.39 is 0 Å². The third-order valence-electron chi connectivity index (χ3n) is 5.25. The molecule has 21 heavy (non-hydrogen) atoms. The molecule has 1 N–H and O–H groups in total. The lowest BCUT2D eigenvalue weighted by molar-refractivity contribution is 0.275. The van der Waals surface area contributed by atoms with Crippen LogP contribution in [0.2, 0.25) is 0 Å². The summed E-state index contributed by atoms with van der Waals surface area (Å²) in [4.78, 5) is 4.32. The molecule has 0 amide bonds. The first-order valence-electron chi connectivity index (χ1n) is 7.84. The third kappa shape index (κ3) is 2.67. The molecule has 2 heteroatoms. The Labute approximate surface area is 126 Å². The van der Waals surface area contributed by atoms with Gasteiger partial charge in [0.1, 0.15) is 5.75 Å². The highest BCUT2D eigenvalue weighted by Gasteiger charge is 2.35. The molecule has 110 valence electrons. The van der Waals surface area contributed by atoms with E-state index in [1.54, 1.807) is 6.20 Å². The number of aromatic nitrogens is 1. The number of pyridine rings is 1. The zero-order valence-electron chi connectivity index (χ0n) is 12.8. The van der Waals surface area contributed by atoms with Crippen LogP contribution < -0.4 is 0 Å². The number of phenols is 1. The van der Waals surface area contributed by atoms with Gasteiger partial charge in [-0.05, 0) is 54.0 Å². The van der Waals surface area contributed by atoms with Gasteiger partial charge < -0.3 is 5.11 Å². The van der Waals surface area contributed by atoms with Gasteiger partial charge in [-0.2, -0.15) is 0 Å². The van der Waals surface area contributed by atoms with E-state index >= 15 is 0 Å². The second kappa shape index (κ2) is 5.51. The molecule has 0 spiro atoms. The predicted molar refractivity (Wildman–Crippen MR) is 86.3 cm³/mol. The molecule has 1 fully saturated rings. The van der Waals surface area contributed by atoms with Crippen molar-refractivity contribution in [2.75, 3.05) is 0 Å². The SMILES string of the molecule is CC(c1ccc(-c2ccccn2)c(O)c1)C1(C)CCCC1. The van der Waals surface area contributed by atoms with Crippen LogP contribution in [0.25, 0.3) is 11.3 Å². The summed E-state index contributed by atoms with van der Waals surface area (Å²) in [7, 11) is 0. The van der Waals surface area contributed by atoms with Gasteiger partial charge in [0.25, 0.3) is 0 Å². The van der Waals surface area contributed by atoms with Crippen molar-refractivity contribution >= 4 is 0 Å². The Morgan fingerprint density at radius 3 is 2.52 bits per heavy atom. The summed E-state index contributed by atoms with van der Waals surface area (Å²) < 4.78 is 0. The lowest BCUT2D eigenvalue weighted by atomic mass is 9.73. The molecule has 2 nitrogen and oxygen atoms in total. The van der Waals surface area contributed by atoms with Crippen LogP contribution in [0.15, 0.2) is 42.6 Å². The van der Waals surface area contributed by atoms with E-state index in [0.717, 1.165) is 11.3 Å². The molecule has 1 atom stereocenters. The summed E-state index contributed by atoms with van der Waals surface area (Å²) in [5.41, 5.74) is 3.24. The highest BCUT2D eigenvalue weighted by molar-refractivity contribution is 5.67. The number of phenolic OH excluding ortho intramolecular Hbond substituents is 1. The maximum atomic E-state index is 10.4. The van der Waals surface area contributed by atoms with E-state index in [0.29, 0.717) is 17.1 Å². The second-order valence-corrected chi connectivity index (χ2v) is 6.57. The van der Waals surface area contributed by atoms with Crippen molar-refractivity contribution < 1.29 is 5.11 Å². The highest BCUT2D eigenvalue weighted by Crippen LogP contribution is 2.49. The van der Waals surface area contributed by atoms with Crippen molar-refractivity contribution in [1.82, 2.24) is 4.98 Å². The number of aromatic hydroxyl groups is 1. The molecular weight excluding hydrogens is 258 g/mol. The Kier molecular flexibility index (Phi) is 3.71. The number of hydrogen-bond acceptors (Lipinski definition) is 2. The van der Waals surface area contributed by atoms with E-state index in [-0.39, 0.29) is 0 Å². The van der Waals surface area contributed by atoms with E-state index in [4.69, 9.17) is 0 Å². The number of benzene rings is 1. The molecule has 1 unspecified atom stereocenters. The van der Waals surface area contributed by atoms with Crippen LogP contribution >= 0.6 is 0 Å². The summed E-state index contributed by atoms with van der Waals surface area (Å²) in [6.07, 6.45) is 7.00. The molecule has 3 rings (SSSR count). The van der Waals surface area contributed by atoms with Crippen molar-refractivity contribution in [2.24, 2.45) is 5.41 Å². The molecule has 0 aliphatic heterocycles. The van der Waals surface area contributed by atoms with Crippen molar-refractivity contribution in [2.45, 2.75) is 45.4 Å². The van der Waals surface area contributed by atoms with E-state index in [1.807, 2.05) is 30.3 Å². The summed E-state index contributed by atoms with van der Waals surface area (Å²) in [6, 6.07) is 11.8. The smallest absolute Gasteiger partial charge is 0.125 e. The Bertz CT molecular complexity index is 615. The molecule has 1 heterocycles. The normalized spacial score (nSPS) is 18.6. The Hall–Kier alpha value is -1.83. The molecular formula is C19H23NO. The predicted octanol–water partition coefficient (Wildman–Crippen LogP) is 5.14. The molecule has 1 aromatic carbocycles. The van der Waals surface area contributed by atoms with Gasteiger partial charge in [-0.3, -0.25) is 4.98 Å². The van der Waals surface area contributed by atoms with Crippen LogP contribution in [-0.2, 0) is 0 Å². The van der Waals surface area contributed by atoms with Crippen LogP contribution in [0.5, 0.6) is 5.75 Å². The van der Waals surface area contributed by atoms with Gasteiger partial charge in [0.05, 0.1) is 5.69 Å². The number of hydrogen-bond donors (Lipinski definition) is 1. The van der Waals surface area contributed by atoms with Gasteiger partial charge in [0, 0.05) is 11.8 Å². The standard InChI is InChI=1S/C19H23NO/c1-14(19(2)10-4-5-11-19)15-8-9-16(18(21)13-15)17-7-3-6-12-20-17/h3,6-9,12-14,21H,4-5,10-11H2,1-2H3. The van der Waals surface area contributed by atoms with Crippen LogP contribution in [0, 0.1) is 5.41 Å². The van der Waals surface area contributed by atoms with Crippen molar-refractivity contribution in [3.05, 3.63) is 48.2 Å². The van der Waals surface area contributed by atoms with Gasteiger partial charge in [-0.15, -0.1) is 0 Å². The van der Waals surface area contributed by atoms with Gasteiger partial charge in [0.15, 0.2) is 0 Å². The minimum Gasteiger partial charge on any atom is -0.507 e. The van der Waals surface area contributed by atoms with Crippen molar-refractivity contribution in [1.29, 1.82) is 0 Å². The molecule has 1 aliphatic rings. The average Bonchev–Trinajstić information content (AvgIpc) is 2.95. The zero-order valence-corrected chi connectivity index (χ0v) is 12.8. The van der Waals surface area contributed by atoms with Crippen LogP contribution in [0.1, 0.15) is 51.0 Å². The first-order valence-corrected chi connectivity index (χ1v) is 7.84. The Morgan fingerprint density at radius 1 is 1.14 bits per heavy atom. The Morgan fingerprint density at radius 2 is 1.90 bits per heavy atom. The molecule has 0 saturated heterocycles. The molecule has 1 saturated carbocycles. The van der Waals surface area contributed by atoms with Crippen molar-refractivity contribution in [3.63, 3.8) is 0 Å². The number of rotatable bonds is 3. The van der Waals surface area contributed by atoms with Gasteiger partial charge in [0.2, 0.25) is 0 Å². The Balaban J connectivity index is 1.91. The molecule has 2 aromatic rings. The first-order chi connectivity index (χ1) is 10.1. The average molecular weight is 281 g/mol. The minimum absolute atomic E-state index is 0.333. The maximum Gasteiger partial charge on any atom is 0.125 e. The molecule has 1 aliphatic carbocycles. The minimum atomic E-state index is 0.333. The van der Waals surface area contributed by atoms with Crippen LogP contribution in [0.4, 0.5) is 0 Å². The van der Waals surface area contributed by atoms with E-state index in [1.165, 1.54) is 31.2 Å². The first kappa shape index (κ1) is 14.1. The number of nitrogens with zero attached hydrogens (tertiary/aromatic N) is 1.